The molecule has 1 aliphatic carbocycles. The molecule has 1 aliphatic heterocycles. The van der Waals surface area contributed by atoms with Crippen molar-refractivity contribution >= 4 is 34.1 Å². The number of imidazole rings is 1. The van der Waals surface area contributed by atoms with E-state index in [-0.39, 0.29) is 23.8 Å². The van der Waals surface area contributed by atoms with Crippen LogP contribution in [0.25, 0.3) is 16.7 Å². The Morgan fingerprint density at radius 1 is 1.25 bits per heavy atom. The van der Waals surface area contributed by atoms with Crippen LogP contribution in [0.1, 0.15) is 49.4 Å². The number of aromatic nitrogens is 3. The zero-order valence-corrected chi connectivity index (χ0v) is 22.6. The molecule has 2 unspecified atom stereocenters. The summed E-state index contributed by atoms with van der Waals surface area (Å²) in [4.78, 5) is 25.8. The molecule has 1 amide bonds. The summed E-state index contributed by atoms with van der Waals surface area (Å²) in [5.74, 6) is 0.537. The first kappa shape index (κ1) is 25.6. The maximum Gasteiger partial charge on any atom is 0.243 e. The maximum atomic E-state index is 15.7. The van der Waals surface area contributed by atoms with E-state index in [0.29, 0.717) is 60.8 Å². The molecule has 1 saturated heterocycles. The van der Waals surface area contributed by atoms with Gasteiger partial charge in [-0.25, -0.2) is 9.37 Å². The largest absolute Gasteiger partial charge is 0.363 e. The minimum Gasteiger partial charge on any atom is -0.363 e. The van der Waals surface area contributed by atoms with Crippen molar-refractivity contribution in [1.29, 1.82) is 10.5 Å². The van der Waals surface area contributed by atoms with Crippen LogP contribution in [0.15, 0.2) is 42.7 Å². The maximum absolute atomic E-state index is 15.7. The molecule has 1 N–H and O–H groups in total. The molecular formula is C30H29FN8O. The van der Waals surface area contributed by atoms with Crippen molar-refractivity contribution in [3.05, 3.63) is 65.2 Å². The number of hydrogen-bond acceptors (Lipinski definition) is 7. The molecule has 0 radical (unpaired) electrons. The van der Waals surface area contributed by atoms with Gasteiger partial charge in [-0.3, -0.25) is 9.20 Å². The lowest BCUT2D eigenvalue weighted by Gasteiger charge is -2.42. The number of carbonyl (C=O) groups is 1. The molecule has 4 aromatic rings. The van der Waals surface area contributed by atoms with Crippen LogP contribution in [0.4, 0.5) is 15.9 Å². The lowest BCUT2D eigenvalue weighted by atomic mass is 9.98. The van der Waals surface area contributed by atoms with E-state index < -0.39 is 5.41 Å². The first-order valence-corrected chi connectivity index (χ1v) is 13.5. The smallest absolute Gasteiger partial charge is 0.243 e. The number of amides is 1. The van der Waals surface area contributed by atoms with Gasteiger partial charge in [-0.15, -0.1) is 0 Å². The van der Waals surface area contributed by atoms with E-state index in [4.69, 9.17) is 4.98 Å². The zero-order chi connectivity index (χ0) is 28.2. The van der Waals surface area contributed by atoms with E-state index in [2.05, 4.69) is 22.4 Å². The number of rotatable bonds is 5. The highest BCUT2D eigenvalue weighted by Gasteiger charge is 2.53. The molecule has 2 aromatic carbocycles. The lowest BCUT2D eigenvalue weighted by molar-refractivity contribution is -0.135. The highest BCUT2D eigenvalue weighted by molar-refractivity contribution is 5.94. The number of hydrogen-bond donors (Lipinski definition) is 1. The summed E-state index contributed by atoms with van der Waals surface area (Å²) in [7, 11) is 0. The van der Waals surface area contributed by atoms with E-state index in [0.717, 1.165) is 16.5 Å². The molecule has 1 saturated carbocycles. The predicted octanol–water partition coefficient (Wildman–Crippen LogP) is 4.72. The van der Waals surface area contributed by atoms with Gasteiger partial charge in [0.2, 0.25) is 11.7 Å². The van der Waals surface area contributed by atoms with Crippen molar-refractivity contribution in [3.8, 4) is 12.1 Å². The Balaban J connectivity index is 1.36. The molecule has 10 heteroatoms. The molecule has 6 rings (SSSR count). The Bertz CT molecular complexity index is 1740. The number of nitrogens with zero attached hydrogens (tertiary/aromatic N) is 7. The topological polar surface area (TPSA) is 113 Å². The van der Waals surface area contributed by atoms with Gasteiger partial charge in [0.05, 0.1) is 34.9 Å². The fourth-order valence-electron chi connectivity index (χ4n) is 5.82. The Labute approximate surface area is 231 Å². The second-order valence-electron chi connectivity index (χ2n) is 10.9. The molecule has 40 heavy (non-hydrogen) atoms. The third-order valence-corrected chi connectivity index (χ3v) is 8.33. The summed E-state index contributed by atoms with van der Waals surface area (Å²) >= 11 is 0. The number of carbonyl (C=O) groups excluding carboxylic acids is 1. The van der Waals surface area contributed by atoms with Gasteiger partial charge >= 0.3 is 0 Å². The second kappa shape index (κ2) is 9.49. The average molecular weight is 537 g/mol. The number of fused-ring (bicyclic) bond motifs is 3. The van der Waals surface area contributed by atoms with E-state index in [1.165, 1.54) is 6.07 Å². The number of nitrogens with one attached hydrogen (secondary N) is 1. The SMILES string of the molecule is Cc1c(C#N)cccc1C(C)Nc1nc2nccn2c2cc(F)c(N3CCN(C(=O)C4(C#N)CC4)CC3C)cc12. The second-order valence-corrected chi connectivity index (χ2v) is 10.9. The molecule has 0 spiro atoms. The quantitative estimate of drug-likeness (QED) is 0.393. The Kier molecular flexibility index (Phi) is 6.07. The van der Waals surface area contributed by atoms with Crippen LogP contribution in [-0.4, -0.2) is 50.9 Å². The first-order chi connectivity index (χ1) is 19.3. The van der Waals surface area contributed by atoms with Crippen LogP contribution in [-0.2, 0) is 4.79 Å². The van der Waals surface area contributed by atoms with E-state index in [1.807, 2.05) is 43.9 Å². The van der Waals surface area contributed by atoms with Crippen molar-refractivity contribution in [2.24, 2.45) is 5.41 Å². The monoisotopic (exact) mass is 536 g/mol. The van der Waals surface area contributed by atoms with Crippen molar-refractivity contribution in [2.45, 2.75) is 45.7 Å². The Morgan fingerprint density at radius 3 is 2.75 bits per heavy atom. The number of nitriles is 2. The van der Waals surface area contributed by atoms with Gasteiger partial charge in [0.25, 0.3) is 0 Å². The van der Waals surface area contributed by atoms with E-state index in [9.17, 15) is 15.3 Å². The number of piperazine rings is 1. The van der Waals surface area contributed by atoms with Crippen LogP contribution < -0.4 is 10.2 Å². The molecule has 3 heterocycles. The summed E-state index contributed by atoms with van der Waals surface area (Å²) in [6, 6.07) is 13.1. The summed E-state index contributed by atoms with van der Waals surface area (Å²) < 4.78 is 17.5. The highest BCUT2D eigenvalue weighted by Crippen LogP contribution is 2.47. The molecule has 2 aromatic heterocycles. The normalized spacial score (nSPS) is 18.8. The molecule has 2 atom stereocenters. The Morgan fingerprint density at radius 2 is 2.05 bits per heavy atom. The van der Waals surface area contributed by atoms with Crippen LogP contribution in [0.2, 0.25) is 0 Å². The summed E-state index contributed by atoms with van der Waals surface area (Å²) in [5.41, 5.74) is 2.69. The van der Waals surface area contributed by atoms with Crippen molar-refractivity contribution in [3.63, 3.8) is 0 Å². The summed E-state index contributed by atoms with van der Waals surface area (Å²) in [6.07, 6.45) is 4.61. The number of halogens is 1. The minimum atomic E-state index is -0.861. The molecule has 0 bridgehead atoms. The molecule has 2 fully saturated rings. The molecule has 202 valence electrons. The van der Waals surface area contributed by atoms with Gasteiger partial charge in [0, 0.05) is 49.5 Å². The molecular weight excluding hydrogens is 507 g/mol. The highest BCUT2D eigenvalue weighted by atomic mass is 19.1. The fraction of sp³-hybridized carbons (Fsp3) is 0.367. The van der Waals surface area contributed by atoms with Crippen LogP contribution in [0, 0.1) is 40.8 Å². The van der Waals surface area contributed by atoms with E-state index >= 15 is 4.39 Å². The van der Waals surface area contributed by atoms with E-state index in [1.54, 1.807) is 27.8 Å². The van der Waals surface area contributed by atoms with Gasteiger partial charge in [-0.1, -0.05) is 12.1 Å². The van der Waals surface area contributed by atoms with Gasteiger partial charge in [-0.05, 0) is 56.9 Å². The third-order valence-electron chi connectivity index (χ3n) is 8.33. The summed E-state index contributed by atoms with van der Waals surface area (Å²) in [6.45, 7) is 7.21. The van der Waals surface area contributed by atoms with Gasteiger partial charge in [-0.2, -0.15) is 15.5 Å². The van der Waals surface area contributed by atoms with Crippen LogP contribution in [0.5, 0.6) is 0 Å². The van der Waals surface area contributed by atoms with Gasteiger partial charge in [0.15, 0.2) is 0 Å². The Hall–Kier alpha value is -4.70. The third kappa shape index (κ3) is 4.08. The number of benzene rings is 2. The van der Waals surface area contributed by atoms with Crippen molar-refractivity contribution in [1.82, 2.24) is 19.3 Å². The van der Waals surface area contributed by atoms with Crippen molar-refractivity contribution in [2.75, 3.05) is 29.9 Å². The van der Waals surface area contributed by atoms with Gasteiger partial charge in [0.1, 0.15) is 17.1 Å². The van der Waals surface area contributed by atoms with Crippen LogP contribution in [0.3, 0.4) is 0 Å². The average Bonchev–Trinajstić information content (AvgIpc) is 3.61. The summed E-state index contributed by atoms with van der Waals surface area (Å²) in [5, 5.41) is 23.2. The van der Waals surface area contributed by atoms with Crippen LogP contribution >= 0.6 is 0 Å². The number of anilines is 2. The fourth-order valence-corrected chi connectivity index (χ4v) is 5.82. The molecule has 2 aliphatic rings. The first-order valence-electron chi connectivity index (χ1n) is 13.5. The van der Waals surface area contributed by atoms with Gasteiger partial charge < -0.3 is 15.1 Å². The zero-order valence-electron chi connectivity index (χ0n) is 22.6. The van der Waals surface area contributed by atoms with Crippen molar-refractivity contribution < 1.29 is 9.18 Å². The predicted molar refractivity (Wildman–Crippen MR) is 149 cm³/mol. The minimum absolute atomic E-state index is 0.108. The lowest BCUT2D eigenvalue weighted by Crippen LogP contribution is -2.55. The molecule has 9 nitrogen and oxygen atoms in total. The standard InChI is InChI=1S/C30H29FN8O/c1-18-16-37(28(40)30(17-33)7-8-30)11-12-38(18)26-13-23-25(14-24(26)31)39-10-9-34-29(39)36-27(23)35-20(3)22-6-4-5-21(15-32)19(22)2/h4-6,9-10,13-14,18,20H,7-8,11-12,16H2,1-3H3,(H,34,35,36).